The predicted octanol–water partition coefficient (Wildman–Crippen LogP) is 29.3. The van der Waals surface area contributed by atoms with Crippen molar-refractivity contribution in [3.63, 3.8) is 0 Å². The Hall–Kier alpha value is -6.44. The van der Waals surface area contributed by atoms with Gasteiger partial charge in [0.25, 0.3) is 23.6 Å². The van der Waals surface area contributed by atoms with Gasteiger partial charge in [-0.15, -0.1) is 0 Å². The number of carbonyl (C=O) groups excluding carboxylic acids is 4. The zero-order valence-electron chi connectivity index (χ0n) is 73.7. The molecule has 0 aliphatic carbocycles. The van der Waals surface area contributed by atoms with Gasteiger partial charge in [-0.1, -0.05) is 413 Å². The molecule has 646 valence electrons. The third-order valence-corrected chi connectivity index (χ3v) is 22.3. The average molecular weight is 1580 g/mol. The normalized spacial score (nSPS) is 11.2. The molecule has 114 heavy (non-hydrogen) atoms. The Morgan fingerprint density at radius 1 is 0.193 bits per heavy atom. The van der Waals surface area contributed by atoms with Crippen LogP contribution in [0.3, 0.4) is 0 Å². The zero-order chi connectivity index (χ0) is 81.5. The Balaban J connectivity index is 1.45. The molecule has 0 spiro atoms. The van der Waals surface area contributed by atoms with Gasteiger partial charge in [0, 0.05) is 22.3 Å². The van der Waals surface area contributed by atoms with Crippen LogP contribution >= 0.6 is 0 Å². The fraction of sp³-hybridized carbons (Fsp3) is 0.720. The van der Waals surface area contributed by atoms with Crippen LogP contribution in [0.5, 0.6) is 34.5 Å². The molecule has 0 aliphatic rings. The van der Waals surface area contributed by atoms with Crippen LogP contribution in [0.25, 0.3) is 11.1 Å². The number of unbranched alkanes of at least 4 members (excludes halogenated alkanes) is 54. The van der Waals surface area contributed by atoms with E-state index in [1.807, 2.05) is 24.3 Å². The standard InChI is InChI=1S/C100H166N4O10/c1-7-13-19-25-31-37-43-49-55-61-75-109-91-81-89(82-92(110-76-62-56-50-44-38-32-26-20-14-8-2)95(91)113-79-65-59-53-47-41-35-29-23-17-11-5)99(107)103-101-97(105)87-71-67-85(68-72-87)86-69-73-88(74-70-86)98(106)102-104-100(108)90-83-93(111-77-63-57-51-45-39-33-27-21-15-9-3)96(114-80-66-60-54-48-42-36-30-24-18-12-6)94(84-90)112-78-64-58-52-46-40-34-28-22-16-10-4/h67-74,81-84H,7-66,75-80H2,1-6H3,(H,101,105)(H,102,106)(H,103,107)(H,104,108). The van der Waals surface area contributed by atoms with E-state index in [1.54, 1.807) is 48.5 Å². The lowest BCUT2D eigenvalue weighted by atomic mass is 10.0. The first-order valence-corrected chi connectivity index (χ1v) is 47.7. The summed E-state index contributed by atoms with van der Waals surface area (Å²) in [5.74, 6) is 1.00. The minimum absolute atomic E-state index is 0.292. The summed E-state index contributed by atoms with van der Waals surface area (Å²) in [6, 6.07) is 21.0. The van der Waals surface area contributed by atoms with Gasteiger partial charge in [-0.05, 0) is 98.2 Å². The van der Waals surface area contributed by atoms with Gasteiger partial charge in [-0.2, -0.15) is 0 Å². The molecule has 0 saturated carbocycles. The van der Waals surface area contributed by atoms with Gasteiger partial charge in [-0.25, -0.2) is 0 Å². The van der Waals surface area contributed by atoms with E-state index in [1.165, 1.54) is 283 Å². The number of amides is 4. The Bertz CT molecular complexity index is 2700. The third-order valence-electron chi connectivity index (χ3n) is 22.3. The zero-order valence-corrected chi connectivity index (χ0v) is 73.7. The quantitative estimate of drug-likeness (QED) is 0.0246. The van der Waals surface area contributed by atoms with Crippen LogP contribution in [0, 0.1) is 0 Å². The van der Waals surface area contributed by atoms with Gasteiger partial charge in [0.15, 0.2) is 23.0 Å². The molecule has 14 heteroatoms. The van der Waals surface area contributed by atoms with Gasteiger partial charge in [0.2, 0.25) is 11.5 Å². The second kappa shape index (κ2) is 70.7. The molecule has 14 nitrogen and oxygen atoms in total. The van der Waals surface area contributed by atoms with Crippen molar-refractivity contribution >= 4 is 23.6 Å². The van der Waals surface area contributed by atoms with Gasteiger partial charge in [0.1, 0.15) is 0 Å². The van der Waals surface area contributed by atoms with Crippen molar-refractivity contribution in [2.45, 2.75) is 427 Å². The molecule has 4 aromatic carbocycles. The Morgan fingerprint density at radius 2 is 0.342 bits per heavy atom. The average Bonchev–Trinajstić information content (AvgIpc) is 0.820. The van der Waals surface area contributed by atoms with E-state index in [9.17, 15) is 19.2 Å². The van der Waals surface area contributed by atoms with Crippen LogP contribution < -0.4 is 50.1 Å². The first-order chi connectivity index (χ1) is 56.2. The van der Waals surface area contributed by atoms with Gasteiger partial charge in [-0.3, -0.25) is 40.9 Å². The summed E-state index contributed by atoms with van der Waals surface area (Å²) in [4.78, 5) is 55.9. The number of ether oxygens (including phenoxy) is 6. The monoisotopic (exact) mass is 1580 g/mol. The van der Waals surface area contributed by atoms with Crippen LogP contribution in [0.1, 0.15) is 468 Å². The molecule has 0 aliphatic heterocycles. The van der Waals surface area contributed by atoms with Crippen LogP contribution in [0.4, 0.5) is 0 Å². The van der Waals surface area contributed by atoms with E-state index in [2.05, 4.69) is 63.2 Å². The molecule has 4 aromatic rings. The number of rotatable bonds is 77. The molecule has 4 amide bonds. The Kier molecular flexibility index (Phi) is 62.0. The highest BCUT2D eigenvalue weighted by molar-refractivity contribution is 6.01. The first kappa shape index (κ1) is 99.9. The highest BCUT2D eigenvalue weighted by Gasteiger charge is 2.23. The number of nitrogens with one attached hydrogen (secondary N) is 4. The molecule has 4 N–H and O–H groups in total. The maximum Gasteiger partial charge on any atom is 0.269 e. The van der Waals surface area contributed by atoms with E-state index >= 15 is 0 Å². The minimum Gasteiger partial charge on any atom is -0.490 e. The molecule has 0 fully saturated rings. The molecule has 0 radical (unpaired) electrons. The van der Waals surface area contributed by atoms with Crippen molar-refractivity contribution in [2.24, 2.45) is 0 Å². The number of benzene rings is 4. The summed E-state index contributed by atoms with van der Waals surface area (Å²) in [7, 11) is 0. The summed E-state index contributed by atoms with van der Waals surface area (Å²) in [5.41, 5.74) is 13.5. The maximum absolute atomic E-state index is 14.2. The molecular formula is C100H166N4O10. The van der Waals surface area contributed by atoms with Crippen molar-refractivity contribution in [2.75, 3.05) is 39.6 Å². The van der Waals surface area contributed by atoms with E-state index in [-0.39, 0.29) is 0 Å². The molecule has 0 aromatic heterocycles. The first-order valence-electron chi connectivity index (χ1n) is 47.7. The summed E-state index contributed by atoms with van der Waals surface area (Å²) in [6.45, 7) is 16.6. The predicted molar refractivity (Wildman–Crippen MR) is 479 cm³/mol. The molecular weight excluding hydrogens is 1420 g/mol. The van der Waals surface area contributed by atoms with E-state index < -0.39 is 23.6 Å². The highest BCUT2D eigenvalue weighted by Crippen LogP contribution is 2.42. The molecule has 4 rings (SSSR count). The fourth-order valence-electron chi connectivity index (χ4n) is 14.9. The van der Waals surface area contributed by atoms with Crippen molar-refractivity contribution < 1.29 is 47.6 Å². The Labute approximate surface area is 696 Å². The van der Waals surface area contributed by atoms with Crippen molar-refractivity contribution in [3.05, 3.63) is 95.1 Å². The lowest BCUT2D eigenvalue weighted by Crippen LogP contribution is -2.41. The van der Waals surface area contributed by atoms with Crippen LogP contribution in [0.15, 0.2) is 72.8 Å². The largest absolute Gasteiger partial charge is 0.490 e. The topological polar surface area (TPSA) is 172 Å². The van der Waals surface area contributed by atoms with Crippen molar-refractivity contribution in [3.8, 4) is 45.6 Å². The summed E-state index contributed by atoms with van der Waals surface area (Å²) >= 11 is 0. The molecule has 0 heterocycles. The highest BCUT2D eigenvalue weighted by atomic mass is 16.5. The number of carbonyl (C=O) groups is 4. The lowest BCUT2D eigenvalue weighted by molar-refractivity contribution is 0.0846. The fourth-order valence-corrected chi connectivity index (χ4v) is 14.9. The number of hydrogen-bond acceptors (Lipinski definition) is 10. The summed E-state index contributed by atoms with van der Waals surface area (Å²) < 4.78 is 39.5. The van der Waals surface area contributed by atoms with Gasteiger partial charge >= 0.3 is 0 Å². The number of hydrogen-bond donors (Lipinski definition) is 4. The second-order valence-corrected chi connectivity index (χ2v) is 32.8. The van der Waals surface area contributed by atoms with Crippen LogP contribution in [0.2, 0.25) is 0 Å². The van der Waals surface area contributed by atoms with Crippen molar-refractivity contribution in [1.82, 2.24) is 21.7 Å². The van der Waals surface area contributed by atoms with E-state index in [0.29, 0.717) is 96.4 Å². The van der Waals surface area contributed by atoms with E-state index in [4.69, 9.17) is 28.4 Å². The maximum atomic E-state index is 14.2. The molecule has 0 bridgehead atoms. The minimum atomic E-state index is -0.506. The second-order valence-electron chi connectivity index (χ2n) is 32.8. The Morgan fingerprint density at radius 3 is 0.518 bits per heavy atom. The van der Waals surface area contributed by atoms with Gasteiger partial charge in [0.05, 0.1) is 39.6 Å². The summed E-state index contributed by atoms with van der Waals surface area (Å²) in [5, 5.41) is 0. The summed E-state index contributed by atoms with van der Waals surface area (Å²) in [6.07, 6.45) is 73.1. The van der Waals surface area contributed by atoms with Gasteiger partial charge < -0.3 is 28.4 Å². The lowest BCUT2D eigenvalue weighted by Gasteiger charge is -2.19. The smallest absolute Gasteiger partial charge is 0.269 e. The van der Waals surface area contributed by atoms with Crippen LogP contribution in [-0.2, 0) is 0 Å². The molecule has 0 atom stereocenters. The SMILES string of the molecule is CCCCCCCCCCCCOc1cc(C(=O)NNC(=O)c2ccc(-c3ccc(C(=O)NNC(=O)c4cc(OCCCCCCCCCCCC)c(OCCCCCCCCCCCC)c(OCCCCCCCCCCCC)c4)cc3)cc2)cc(OCCCCCCCCCCCC)c1OCCCCCCCCCCCC. The molecule has 0 saturated heterocycles. The van der Waals surface area contributed by atoms with E-state index in [0.717, 1.165) is 114 Å². The molecule has 0 unspecified atom stereocenters. The number of hydrazine groups is 2. The van der Waals surface area contributed by atoms with Crippen molar-refractivity contribution in [1.29, 1.82) is 0 Å². The van der Waals surface area contributed by atoms with Crippen LogP contribution in [-0.4, -0.2) is 63.3 Å². The third kappa shape index (κ3) is 48.9.